The van der Waals surface area contributed by atoms with E-state index < -0.39 is 11.8 Å². The summed E-state index contributed by atoms with van der Waals surface area (Å²) >= 11 is 1.51. The van der Waals surface area contributed by atoms with Gasteiger partial charge in [0.1, 0.15) is 11.1 Å². The van der Waals surface area contributed by atoms with Crippen LogP contribution in [0.25, 0.3) is 0 Å². The van der Waals surface area contributed by atoms with Gasteiger partial charge in [-0.1, -0.05) is 12.2 Å². The van der Waals surface area contributed by atoms with Crippen molar-refractivity contribution in [1.29, 1.82) is 5.26 Å². The van der Waals surface area contributed by atoms with Gasteiger partial charge >= 0.3 is 5.97 Å². The maximum Gasteiger partial charge on any atom is 0.310 e. The molecule has 26 heavy (non-hydrogen) atoms. The number of carbonyl (C=O) groups is 2. The van der Waals surface area contributed by atoms with Crippen molar-refractivity contribution in [1.82, 2.24) is 0 Å². The Kier molecular flexibility index (Phi) is 5.77. The average Bonchev–Trinajstić information content (AvgIpc) is 2.98. The Morgan fingerprint density at radius 1 is 1.23 bits per heavy atom. The fourth-order valence-corrected chi connectivity index (χ4v) is 4.90. The van der Waals surface area contributed by atoms with E-state index in [0.717, 1.165) is 31.2 Å². The molecule has 1 aromatic rings. The number of nitriles is 1. The van der Waals surface area contributed by atoms with Crippen LogP contribution in [0.3, 0.4) is 0 Å². The molecule has 2 aliphatic rings. The summed E-state index contributed by atoms with van der Waals surface area (Å²) in [6, 6.07) is 2.26. The lowest BCUT2D eigenvalue weighted by atomic mass is 9.82. The van der Waals surface area contributed by atoms with Crippen LogP contribution in [0.4, 0.5) is 5.00 Å². The number of fused-ring (bicyclic) bond motifs is 1. The highest BCUT2D eigenvalue weighted by Crippen LogP contribution is 2.38. The second kappa shape index (κ2) is 8.05. The average molecular weight is 372 g/mol. The molecule has 1 heterocycles. The van der Waals surface area contributed by atoms with Crippen molar-refractivity contribution in [2.45, 2.75) is 58.5 Å². The number of rotatable bonds is 4. The van der Waals surface area contributed by atoms with Gasteiger partial charge in [-0.05, 0) is 57.9 Å². The molecule has 1 N–H and O–H groups in total. The predicted octanol–water partition coefficient (Wildman–Crippen LogP) is 3.97. The summed E-state index contributed by atoms with van der Waals surface area (Å²) in [5.74, 6) is -1.45. The van der Waals surface area contributed by atoms with Crippen LogP contribution in [0.15, 0.2) is 12.2 Å². The molecular weight excluding hydrogens is 348 g/mol. The van der Waals surface area contributed by atoms with Crippen molar-refractivity contribution in [3.05, 3.63) is 28.2 Å². The number of nitrogens with zero attached hydrogens (tertiary/aromatic N) is 1. The number of hydrogen-bond acceptors (Lipinski definition) is 5. The maximum absolute atomic E-state index is 12.9. The molecule has 0 aliphatic heterocycles. The lowest BCUT2D eigenvalue weighted by molar-refractivity contribution is -0.156. The number of esters is 1. The minimum Gasteiger partial charge on any atom is -0.463 e. The molecule has 3 rings (SSSR count). The van der Waals surface area contributed by atoms with Gasteiger partial charge in [-0.2, -0.15) is 5.26 Å². The fraction of sp³-hybridized carbons (Fsp3) is 0.550. The first kappa shape index (κ1) is 18.7. The van der Waals surface area contributed by atoms with Crippen LogP contribution in [0.2, 0.25) is 0 Å². The van der Waals surface area contributed by atoms with Crippen molar-refractivity contribution in [3.8, 4) is 6.07 Å². The molecule has 2 atom stereocenters. The van der Waals surface area contributed by atoms with E-state index >= 15 is 0 Å². The van der Waals surface area contributed by atoms with Crippen LogP contribution in [0, 0.1) is 23.2 Å². The van der Waals surface area contributed by atoms with E-state index in [9.17, 15) is 14.9 Å². The minimum absolute atomic E-state index is 0.199. The molecule has 0 spiro atoms. The topological polar surface area (TPSA) is 79.2 Å². The van der Waals surface area contributed by atoms with E-state index in [0.29, 0.717) is 23.4 Å². The van der Waals surface area contributed by atoms with Gasteiger partial charge in [-0.25, -0.2) is 0 Å². The highest BCUT2D eigenvalue weighted by molar-refractivity contribution is 7.16. The molecule has 138 valence electrons. The van der Waals surface area contributed by atoms with E-state index in [4.69, 9.17) is 4.74 Å². The summed E-state index contributed by atoms with van der Waals surface area (Å²) in [6.45, 7) is 3.61. The molecule has 1 amide bonds. The number of ether oxygens (including phenoxy) is 1. The first-order valence-electron chi connectivity index (χ1n) is 9.22. The molecule has 0 fully saturated rings. The SMILES string of the molecule is CC(C)OC(=O)[C@H]1CC=CC[C@H]1C(=O)Nc1sc2c(c1C#N)CCCC2. The molecule has 0 saturated heterocycles. The summed E-state index contributed by atoms with van der Waals surface area (Å²) < 4.78 is 5.33. The molecule has 0 unspecified atom stereocenters. The Morgan fingerprint density at radius 3 is 2.62 bits per heavy atom. The lowest BCUT2D eigenvalue weighted by Gasteiger charge is -2.26. The number of amides is 1. The van der Waals surface area contributed by atoms with E-state index in [2.05, 4.69) is 11.4 Å². The number of hydrogen-bond donors (Lipinski definition) is 1. The second-order valence-electron chi connectivity index (χ2n) is 7.16. The van der Waals surface area contributed by atoms with Gasteiger partial charge in [-0.3, -0.25) is 9.59 Å². The van der Waals surface area contributed by atoms with Gasteiger partial charge in [0.2, 0.25) is 5.91 Å². The zero-order valence-corrected chi connectivity index (χ0v) is 16.0. The van der Waals surface area contributed by atoms with Crippen LogP contribution < -0.4 is 5.32 Å². The number of carbonyl (C=O) groups excluding carboxylic acids is 2. The van der Waals surface area contributed by atoms with Crippen LogP contribution in [-0.2, 0) is 27.2 Å². The van der Waals surface area contributed by atoms with Gasteiger partial charge < -0.3 is 10.1 Å². The molecule has 0 bridgehead atoms. The summed E-state index contributed by atoms with van der Waals surface area (Å²) in [6.07, 6.45) is 8.78. The fourth-order valence-electron chi connectivity index (χ4n) is 3.66. The van der Waals surface area contributed by atoms with Crippen molar-refractivity contribution in [2.75, 3.05) is 5.32 Å². The van der Waals surface area contributed by atoms with E-state index in [1.54, 1.807) is 13.8 Å². The van der Waals surface area contributed by atoms with Crippen LogP contribution in [0.5, 0.6) is 0 Å². The minimum atomic E-state index is -0.470. The quantitative estimate of drug-likeness (QED) is 0.641. The zero-order valence-electron chi connectivity index (χ0n) is 15.2. The zero-order chi connectivity index (χ0) is 18.7. The molecule has 0 radical (unpaired) electrons. The molecule has 0 saturated carbocycles. The number of thiophene rings is 1. The third kappa shape index (κ3) is 3.83. The molecule has 6 heteroatoms. The van der Waals surface area contributed by atoms with E-state index in [1.165, 1.54) is 16.2 Å². The Bertz CT molecular complexity index is 773. The number of aryl methyl sites for hydroxylation is 1. The van der Waals surface area contributed by atoms with Crippen molar-refractivity contribution >= 4 is 28.2 Å². The van der Waals surface area contributed by atoms with Gasteiger partial charge in [0, 0.05) is 4.88 Å². The van der Waals surface area contributed by atoms with Gasteiger partial charge in [-0.15, -0.1) is 11.3 Å². The van der Waals surface area contributed by atoms with Gasteiger partial charge in [0.25, 0.3) is 0 Å². The number of anilines is 1. The van der Waals surface area contributed by atoms with E-state index in [-0.39, 0.29) is 18.0 Å². The van der Waals surface area contributed by atoms with E-state index in [1.807, 2.05) is 12.2 Å². The summed E-state index contributed by atoms with van der Waals surface area (Å²) in [5, 5.41) is 13.1. The Balaban J connectivity index is 1.78. The van der Waals surface area contributed by atoms with Crippen LogP contribution >= 0.6 is 11.3 Å². The largest absolute Gasteiger partial charge is 0.463 e. The lowest BCUT2D eigenvalue weighted by Crippen LogP contribution is -2.36. The second-order valence-corrected chi connectivity index (χ2v) is 8.26. The van der Waals surface area contributed by atoms with Crippen LogP contribution in [-0.4, -0.2) is 18.0 Å². The predicted molar refractivity (Wildman–Crippen MR) is 101 cm³/mol. The normalized spacial score (nSPS) is 21.8. The first-order chi connectivity index (χ1) is 12.5. The van der Waals surface area contributed by atoms with Crippen molar-refractivity contribution in [2.24, 2.45) is 11.8 Å². The highest BCUT2D eigenvalue weighted by Gasteiger charge is 2.36. The van der Waals surface area contributed by atoms with Gasteiger partial charge in [0.05, 0.1) is 23.5 Å². The monoisotopic (exact) mass is 372 g/mol. The highest BCUT2D eigenvalue weighted by atomic mass is 32.1. The van der Waals surface area contributed by atoms with Crippen molar-refractivity contribution < 1.29 is 14.3 Å². The Morgan fingerprint density at radius 2 is 1.92 bits per heavy atom. The van der Waals surface area contributed by atoms with Crippen LogP contribution in [0.1, 0.15) is 55.5 Å². The number of allylic oxidation sites excluding steroid dienone is 2. The summed E-state index contributed by atoms with van der Waals surface area (Å²) in [4.78, 5) is 26.5. The maximum atomic E-state index is 12.9. The van der Waals surface area contributed by atoms with Crippen molar-refractivity contribution in [3.63, 3.8) is 0 Å². The molecule has 1 aromatic heterocycles. The molecule has 2 aliphatic carbocycles. The third-order valence-electron chi connectivity index (χ3n) is 4.94. The number of nitrogens with one attached hydrogen (secondary N) is 1. The Hall–Kier alpha value is -2.13. The Labute approximate surface area is 158 Å². The first-order valence-corrected chi connectivity index (χ1v) is 10.0. The third-order valence-corrected chi connectivity index (χ3v) is 6.15. The smallest absolute Gasteiger partial charge is 0.310 e. The summed E-state index contributed by atoms with van der Waals surface area (Å²) in [5.41, 5.74) is 1.70. The summed E-state index contributed by atoms with van der Waals surface area (Å²) in [7, 11) is 0. The van der Waals surface area contributed by atoms with Gasteiger partial charge in [0.15, 0.2) is 0 Å². The standard InChI is InChI=1S/C20H24N2O3S/c1-12(2)25-20(24)15-9-4-3-8-14(15)18(23)22-19-16(11-21)13-7-5-6-10-17(13)26-19/h3-4,12,14-15H,5-10H2,1-2H3,(H,22,23)/t14-,15+/m1/s1. The molecule has 5 nitrogen and oxygen atoms in total. The molecular formula is C20H24N2O3S. The molecule has 0 aromatic carbocycles.